The summed E-state index contributed by atoms with van der Waals surface area (Å²) in [5.41, 5.74) is 2.64. The lowest BCUT2D eigenvalue weighted by Gasteiger charge is -2.62. The molecule has 0 amide bonds. The molecule has 0 spiro atoms. The molecule has 10 atom stereocenters. The lowest BCUT2D eigenvalue weighted by Crippen LogP contribution is -2.57. The van der Waals surface area contributed by atoms with Crippen LogP contribution in [0, 0.1) is 40.4 Å². The van der Waals surface area contributed by atoms with Crippen molar-refractivity contribution in [1.82, 2.24) is 10.6 Å². The van der Waals surface area contributed by atoms with Crippen LogP contribution in [-0.2, 0) is 0 Å². The van der Waals surface area contributed by atoms with Crippen molar-refractivity contribution in [3.8, 4) is 0 Å². The number of fused-ring (bicyclic) bond motifs is 5. The number of rotatable bonds is 4. The average Bonchev–Trinajstić information content (AvgIpc) is 3.15. The summed E-state index contributed by atoms with van der Waals surface area (Å²) in [6.45, 7) is 7.84. The standard InChI is InChI=1S/C29H46N2/c1-19(30-4)24-13-14-25-22-12-11-21-17-27(31-5)23(20-9-7-6-8-10-20)18-29(21,3)26(22)15-16-28(24,25)2/h6-10,19,21-27,30-31H,11-18H2,1-5H3/t19?,21?,22?,23-,24+,25?,26?,27-,28+,29-/m0/s1. The van der Waals surface area contributed by atoms with Crippen LogP contribution in [0.3, 0.4) is 0 Å². The quantitative estimate of drug-likeness (QED) is 0.600. The molecule has 4 aliphatic carbocycles. The predicted octanol–water partition coefficient (Wildman–Crippen LogP) is 6.23. The lowest BCUT2D eigenvalue weighted by molar-refractivity contribution is -0.119. The van der Waals surface area contributed by atoms with Gasteiger partial charge in [-0.3, -0.25) is 0 Å². The molecule has 4 fully saturated rings. The zero-order valence-electron chi connectivity index (χ0n) is 20.7. The van der Waals surface area contributed by atoms with Crippen LogP contribution in [0.4, 0.5) is 0 Å². The van der Waals surface area contributed by atoms with Gasteiger partial charge in [0.15, 0.2) is 0 Å². The van der Waals surface area contributed by atoms with Gasteiger partial charge in [-0.1, -0.05) is 44.2 Å². The van der Waals surface area contributed by atoms with Gasteiger partial charge in [-0.25, -0.2) is 0 Å². The predicted molar refractivity (Wildman–Crippen MR) is 131 cm³/mol. The second-order valence-electron chi connectivity index (χ2n) is 12.3. The first kappa shape index (κ1) is 22.0. The maximum absolute atomic E-state index is 3.74. The second-order valence-corrected chi connectivity index (χ2v) is 12.3. The number of hydrogen-bond donors (Lipinski definition) is 2. The van der Waals surface area contributed by atoms with E-state index in [4.69, 9.17) is 0 Å². The summed E-state index contributed by atoms with van der Waals surface area (Å²) >= 11 is 0. The minimum Gasteiger partial charge on any atom is -0.317 e. The van der Waals surface area contributed by atoms with Gasteiger partial charge in [0.2, 0.25) is 0 Å². The number of likely N-dealkylation sites (N-methyl/N-ethyl adjacent to an activating group) is 1. The Morgan fingerprint density at radius 1 is 0.903 bits per heavy atom. The Hall–Kier alpha value is -0.860. The molecule has 0 saturated heterocycles. The van der Waals surface area contributed by atoms with Crippen LogP contribution in [0.2, 0.25) is 0 Å². The summed E-state index contributed by atoms with van der Waals surface area (Å²) in [6, 6.07) is 12.7. The van der Waals surface area contributed by atoms with Crippen LogP contribution in [0.15, 0.2) is 30.3 Å². The fourth-order valence-corrected chi connectivity index (χ4v) is 9.76. The van der Waals surface area contributed by atoms with Gasteiger partial charge in [0.1, 0.15) is 0 Å². The molecule has 5 rings (SSSR count). The van der Waals surface area contributed by atoms with E-state index in [1.54, 1.807) is 5.56 Å². The van der Waals surface area contributed by atoms with E-state index in [9.17, 15) is 0 Å². The average molecular weight is 423 g/mol. The molecule has 4 aliphatic rings. The summed E-state index contributed by atoms with van der Waals surface area (Å²) in [6.07, 6.45) is 11.6. The highest BCUT2D eigenvalue weighted by molar-refractivity contribution is 5.24. The Kier molecular flexibility index (Phi) is 5.79. The van der Waals surface area contributed by atoms with E-state index in [1.165, 1.54) is 51.4 Å². The molecule has 0 aromatic heterocycles. The highest BCUT2D eigenvalue weighted by Crippen LogP contribution is 2.68. The van der Waals surface area contributed by atoms with Crippen LogP contribution >= 0.6 is 0 Å². The van der Waals surface area contributed by atoms with Gasteiger partial charge in [-0.2, -0.15) is 0 Å². The lowest BCUT2D eigenvalue weighted by atomic mass is 9.43. The molecule has 2 N–H and O–H groups in total. The van der Waals surface area contributed by atoms with Crippen molar-refractivity contribution in [2.75, 3.05) is 14.1 Å². The van der Waals surface area contributed by atoms with Gasteiger partial charge in [0.25, 0.3) is 0 Å². The first-order valence-electron chi connectivity index (χ1n) is 13.3. The van der Waals surface area contributed by atoms with Crippen LogP contribution in [0.25, 0.3) is 0 Å². The molecule has 4 saturated carbocycles. The van der Waals surface area contributed by atoms with Crippen LogP contribution in [-0.4, -0.2) is 26.2 Å². The summed E-state index contributed by atoms with van der Waals surface area (Å²) in [5, 5.41) is 7.35. The van der Waals surface area contributed by atoms with E-state index in [0.717, 1.165) is 29.6 Å². The molecule has 1 aromatic rings. The maximum atomic E-state index is 3.74. The molecule has 5 unspecified atom stereocenters. The minimum atomic E-state index is 0.519. The van der Waals surface area contributed by atoms with E-state index < -0.39 is 0 Å². The Balaban J connectivity index is 1.43. The second kappa shape index (κ2) is 8.17. The highest BCUT2D eigenvalue weighted by Gasteiger charge is 2.61. The molecule has 0 aliphatic heterocycles. The van der Waals surface area contributed by atoms with E-state index in [2.05, 4.69) is 75.8 Å². The third-order valence-electron chi connectivity index (χ3n) is 11.5. The molecule has 2 heteroatoms. The normalized spacial score (nSPS) is 47.8. The Labute approximate surface area is 191 Å². The Bertz CT molecular complexity index is 761. The van der Waals surface area contributed by atoms with Gasteiger partial charge in [-0.05, 0) is 124 Å². The molecule has 0 radical (unpaired) electrons. The number of nitrogens with one attached hydrogen (secondary N) is 2. The third kappa shape index (κ3) is 3.34. The van der Waals surface area contributed by atoms with E-state index >= 15 is 0 Å². The number of benzene rings is 1. The summed E-state index contributed by atoms with van der Waals surface area (Å²) in [4.78, 5) is 0. The Morgan fingerprint density at radius 2 is 1.65 bits per heavy atom. The van der Waals surface area contributed by atoms with Gasteiger partial charge >= 0.3 is 0 Å². The third-order valence-corrected chi connectivity index (χ3v) is 11.5. The minimum absolute atomic E-state index is 0.519. The fourth-order valence-electron chi connectivity index (χ4n) is 9.76. The molecular weight excluding hydrogens is 376 g/mol. The molecule has 0 heterocycles. The highest BCUT2D eigenvalue weighted by atomic mass is 14.9. The van der Waals surface area contributed by atoms with Crippen LogP contribution < -0.4 is 10.6 Å². The molecule has 2 nitrogen and oxygen atoms in total. The maximum Gasteiger partial charge on any atom is 0.0136 e. The van der Waals surface area contributed by atoms with Gasteiger partial charge in [0, 0.05) is 12.1 Å². The van der Waals surface area contributed by atoms with Crippen molar-refractivity contribution in [3.63, 3.8) is 0 Å². The summed E-state index contributed by atoms with van der Waals surface area (Å²) in [7, 11) is 4.37. The van der Waals surface area contributed by atoms with E-state index in [0.29, 0.717) is 28.8 Å². The summed E-state index contributed by atoms with van der Waals surface area (Å²) in [5.74, 6) is 5.31. The first-order chi connectivity index (χ1) is 14.9. The van der Waals surface area contributed by atoms with Crippen molar-refractivity contribution < 1.29 is 0 Å². The van der Waals surface area contributed by atoms with Crippen molar-refractivity contribution in [2.24, 2.45) is 40.4 Å². The monoisotopic (exact) mass is 422 g/mol. The van der Waals surface area contributed by atoms with Crippen molar-refractivity contribution >= 4 is 0 Å². The van der Waals surface area contributed by atoms with Crippen molar-refractivity contribution in [3.05, 3.63) is 35.9 Å². The van der Waals surface area contributed by atoms with Crippen LogP contribution in [0.1, 0.15) is 83.6 Å². The van der Waals surface area contributed by atoms with Crippen molar-refractivity contribution in [1.29, 1.82) is 0 Å². The zero-order valence-corrected chi connectivity index (χ0v) is 20.7. The molecular formula is C29H46N2. The molecule has 172 valence electrons. The van der Waals surface area contributed by atoms with E-state index in [1.807, 2.05) is 0 Å². The molecule has 1 aromatic carbocycles. The summed E-state index contributed by atoms with van der Waals surface area (Å²) < 4.78 is 0. The van der Waals surface area contributed by atoms with Crippen LogP contribution in [0.5, 0.6) is 0 Å². The molecule has 31 heavy (non-hydrogen) atoms. The smallest absolute Gasteiger partial charge is 0.0136 e. The van der Waals surface area contributed by atoms with Gasteiger partial charge < -0.3 is 10.6 Å². The SMILES string of the molecule is CNC(C)[C@H]1CCC2C3CCC4C[C@H](NC)[C@H](c5ccccc5)C[C@]4(C)C3CC[C@@]21C. The first-order valence-corrected chi connectivity index (χ1v) is 13.3. The molecule has 0 bridgehead atoms. The fraction of sp³-hybridized carbons (Fsp3) is 0.793. The van der Waals surface area contributed by atoms with Gasteiger partial charge in [-0.15, -0.1) is 0 Å². The largest absolute Gasteiger partial charge is 0.317 e. The van der Waals surface area contributed by atoms with E-state index in [-0.39, 0.29) is 0 Å². The zero-order chi connectivity index (χ0) is 21.8. The van der Waals surface area contributed by atoms with Gasteiger partial charge in [0.05, 0.1) is 0 Å². The topological polar surface area (TPSA) is 24.1 Å². The van der Waals surface area contributed by atoms with Crippen molar-refractivity contribution in [2.45, 2.75) is 90.1 Å². The Morgan fingerprint density at radius 3 is 2.35 bits per heavy atom. The number of hydrogen-bond acceptors (Lipinski definition) is 2.